The lowest BCUT2D eigenvalue weighted by molar-refractivity contribution is -0.119. The number of benzene rings is 2. The highest BCUT2D eigenvalue weighted by atomic mass is 32.2. The van der Waals surface area contributed by atoms with E-state index in [1.165, 1.54) is 49.6 Å². The van der Waals surface area contributed by atoms with Gasteiger partial charge in [0.2, 0.25) is 21.8 Å². The molecule has 4 rings (SSSR count). The first-order valence-corrected chi connectivity index (χ1v) is 13.7. The molecule has 2 aromatic heterocycles. The summed E-state index contributed by atoms with van der Waals surface area (Å²) < 4.78 is 55.6. The molecule has 4 aromatic rings. The van der Waals surface area contributed by atoms with Crippen molar-refractivity contribution >= 4 is 27.6 Å². The number of rotatable bonds is 11. The Labute approximate surface area is 229 Å². The van der Waals surface area contributed by atoms with Crippen LogP contribution in [0.15, 0.2) is 70.2 Å². The number of hydrogen-bond donors (Lipinski definition) is 3. The summed E-state index contributed by atoms with van der Waals surface area (Å²) in [7, 11) is -4.27. The molecular formula is C27H27FN4O7S. The summed E-state index contributed by atoms with van der Waals surface area (Å²) in [5.41, 5.74) is 0.0795. The maximum absolute atomic E-state index is 14.0. The molecule has 210 valence electrons. The summed E-state index contributed by atoms with van der Waals surface area (Å²) in [5, 5.41) is 16.4. The highest BCUT2D eigenvalue weighted by molar-refractivity contribution is 7.89. The number of nitrogens with zero attached hydrogens (tertiary/aromatic N) is 2. The lowest BCUT2D eigenvalue weighted by Gasteiger charge is -2.16. The van der Waals surface area contributed by atoms with Crippen molar-refractivity contribution in [1.29, 1.82) is 0 Å². The van der Waals surface area contributed by atoms with Crippen LogP contribution in [0.4, 0.5) is 10.1 Å². The van der Waals surface area contributed by atoms with Crippen LogP contribution in [0.1, 0.15) is 42.1 Å². The molecule has 0 unspecified atom stereocenters. The van der Waals surface area contributed by atoms with Gasteiger partial charge in [-0.05, 0) is 61.9 Å². The zero-order valence-electron chi connectivity index (χ0n) is 21.8. The third-order valence-corrected chi connectivity index (χ3v) is 7.53. The Morgan fingerprint density at radius 1 is 1.18 bits per heavy atom. The molecule has 0 saturated carbocycles. The number of ether oxygens (including phenoxy) is 1. The molecule has 1 amide bonds. The highest BCUT2D eigenvalue weighted by Gasteiger charge is 2.27. The van der Waals surface area contributed by atoms with Gasteiger partial charge in [-0.1, -0.05) is 19.9 Å². The number of carbonyl (C=O) groups is 2. The van der Waals surface area contributed by atoms with Crippen LogP contribution in [-0.4, -0.2) is 35.2 Å². The van der Waals surface area contributed by atoms with E-state index in [-0.39, 0.29) is 57.5 Å². The molecule has 0 aliphatic heterocycles. The second-order valence-electron chi connectivity index (χ2n) is 8.94. The first-order valence-electron chi connectivity index (χ1n) is 12.2. The molecule has 40 heavy (non-hydrogen) atoms. The van der Waals surface area contributed by atoms with Crippen LogP contribution in [0.2, 0.25) is 0 Å². The molecule has 3 N–H and O–H groups in total. The number of sulfonamides is 1. The van der Waals surface area contributed by atoms with Crippen LogP contribution in [0, 0.1) is 18.7 Å². The zero-order valence-corrected chi connectivity index (χ0v) is 22.7. The van der Waals surface area contributed by atoms with Crippen molar-refractivity contribution in [1.82, 2.24) is 14.5 Å². The lowest BCUT2D eigenvalue weighted by atomic mass is 10.1. The average Bonchev–Trinajstić information content (AvgIpc) is 3.56. The van der Waals surface area contributed by atoms with E-state index < -0.39 is 21.8 Å². The van der Waals surface area contributed by atoms with Gasteiger partial charge in [-0.15, -0.1) is 0 Å². The fraction of sp³-hybridized carbons (Fsp3) is 0.222. The van der Waals surface area contributed by atoms with Gasteiger partial charge in [-0.2, -0.15) is 9.78 Å². The molecule has 0 radical (unpaired) electrons. The van der Waals surface area contributed by atoms with Gasteiger partial charge in [-0.3, -0.25) is 4.79 Å². The normalized spacial score (nSPS) is 12.2. The minimum absolute atomic E-state index is 0.0813. The highest BCUT2D eigenvalue weighted by Crippen LogP contribution is 2.35. The minimum atomic E-state index is -4.27. The standard InChI is InChI=1S/C27H27FN4O7S/c1-4-16(2)25(33)30-19-10-11-22(23(14-19)40(36,37)29-15-21-9-6-12-38-21)39-26-17(3)24(27(34)35)31-32(26)20-8-5-7-18(28)13-20/h5-14,16,29H,4,15H2,1-3H3,(H,30,33)(H,34,35)/t16-/m0/s1. The number of nitrogens with one attached hydrogen (secondary N) is 2. The number of carboxylic acid groups (broad SMARTS) is 1. The molecule has 0 saturated heterocycles. The minimum Gasteiger partial charge on any atom is -0.476 e. The second kappa shape index (κ2) is 11.7. The van der Waals surface area contributed by atoms with E-state index in [1.807, 2.05) is 6.92 Å². The number of amides is 1. The van der Waals surface area contributed by atoms with E-state index in [2.05, 4.69) is 15.1 Å². The maximum atomic E-state index is 14.0. The molecule has 11 nitrogen and oxygen atoms in total. The third kappa shape index (κ3) is 6.21. The number of halogens is 1. The summed E-state index contributed by atoms with van der Waals surface area (Å²) >= 11 is 0. The van der Waals surface area contributed by atoms with Gasteiger partial charge in [0.05, 0.1) is 18.5 Å². The van der Waals surface area contributed by atoms with E-state index in [0.29, 0.717) is 12.2 Å². The quantitative estimate of drug-likeness (QED) is 0.231. The van der Waals surface area contributed by atoms with Crippen molar-refractivity contribution in [3.05, 3.63) is 83.7 Å². The van der Waals surface area contributed by atoms with E-state index in [9.17, 15) is 27.5 Å². The number of furan rings is 1. The molecule has 13 heteroatoms. The van der Waals surface area contributed by atoms with Crippen LogP contribution < -0.4 is 14.8 Å². The smallest absolute Gasteiger partial charge is 0.356 e. The van der Waals surface area contributed by atoms with Crippen molar-refractivity contribution < 1.29 is 36.7 Å². The number of carboxylic acids is 1. The Morgan fingerprint density at radius 2 is 1.95 bits per heavy atom. The third-order valence-electron chi connectivity index (χ3n) is 6.11. The first kappa shape index (κ1) is 28.5. The molecule has 1 atom stereocenters. The summed E-state index contributed by atoms with van der Waals surface area (Å²) in [6, 6.07) is 12.5. The zero-order chi connectivity index (χ0) is 29.0. The second-order valence-corrected chi connectivity index (χ2v) is 10.7. The SMILES string of the molecule is CC[C@H](C)C(=O)Nc1ccc(Oc2c(C)c(C(=O)O)nn2-c2cccc(F)c2)c(S(=O)(=O)NCc2ccco2)c1. The van der Waals surface area contributed by atoms with Gasteiger partial charge in [0.25, 0.3) is 0 Å². The number of aromatic nitrogens is 2. The Bertz CT molecular complexity index is 1650. The fourth-order valence-corrected chi connectivity index (χ4v) is 4.82. The summed E-state index contributed by atoms with van der Waals surface area (Å²) in [6.45, 7) is 4.87. The van der Waals surface area contributed by atoms with E-state index >= 15 is 0 Å². The van der Waals surface area contributed by atoms with Crippen LogP contribution in [0.5, 0.6) is 11.6 Å². The lowest BCUT2D eigenvalue weighted by Crippen LogP contribution is -2.24. The fourth-order valence-electron chi connectivity index (χ4n) is 3.68. The summed E-state index contributed by atoms with van der Waals surface area (Å²) in [6.07, 6.45) is 1.98. The van der Waals surface area contributed by atoms with Crippen molar-refractivity contribution in [3.8, 4) is 17.3 Å². The predicted octanol–water partition coefficient (Wildman–Crippen LogP) is 4.87. The van der Waals surface area contributed by atoms with Crippen molar-refractivity contribution in [2.24, 2.45) is 5.92 Å². The van der Waals surface area contributed by atoms with Crippen LogP contribution in [0.25, 0.3) is 5.69 Å². The Kier molecular flexibility index (Phi) is 8.35. The molecule has 2 aromatic carbocycles. The molecule has 2 heterocycles. The van der Waals surface area contributed by atoms with E-state index in [4.69, 9.17) is 9.15 Å². The molecule has 0 spiro atoms. The van der Waals surface area contributed by atoms with Crippen molar-refractivity contribution in [2.45, 2.75) is 38.6 Å². The molecular weight excluding hydrogens is 543 g/mol. The molecule has 0 aliphatic carbocycles. The van der Waals surface area contributed by atoms with Crippen LogP contribution >= 0.6 is 0 Å². The van der Waals surface area contributed by atoms with Crippen molar-refractivity contribution in [2.75, 3.05) is 5.32 Å². The predicted molar refractivity (Wildman–Crippen MR) is 143 cm³/mol. The van der Waals surface area contributed by atoms with Crippen molar-refractivity contribution in [3.63, 3.8) is 0 Å². The summed E-state index contributed by atoms with van der Waals surface area (Å²) in [4.78, 5) is 24.0. The van der Waals surface area contributed by atoms with Gasteiger partial charge in [0.1, 0.15) is 22.2 Å². The average molecular weight is 571 g/mol. The van der Waals surface area contributed by atoms with Gasteiger partial charge >= 0.3 is 5.97 Å². The maximum Gasteiger partial charge on any atom is 0.356 e. The summed E-state index contributed by atoms with van der Waals surface area (Å²) in [5.74, 6) is -2.53. The van der Waals surface area contributed by atoms with Gasteiger partial charge in [-0.25, -0.2) is 22.3 Å². The van der Waals surface area contributed by atoms with Crippen LogP contribution in [0.3, 0.4) is 0 Å². The van der Waals surface area contributed by atoms with Gasteiger partial charge in [0, 0.05) is 17.2 Å². The van der Waals surface area contributed by atoms with E-state index in [1.54, 1.807) is 19.1 Å². The van der Waals surface area contributed by atoms with Gasteiger partial charge < -0.3 is 19.6 Å². The molecule has 0 bridgehead atoms. The molecule has 0 aliphatic rings. The Balaban J connectivity index is 1.80. The number of anilines is 1. The van der Waals surface area contributed by atoms with Gasteiger partial charge in [0.15, 0.2) is 5.69 Å². The largest absolute Gasteiger partial charge is 0.476 e. The molecule has 0 fully saturated rings. The van der Waals surface area contributed by atoms with E-state index in [0.717, 1.165) is 10.7 Å². The number of hydrogen-bond acceptors (Lipinski definition) is 7. The Morgan fingerprint density at radius 3 is 2.60 bits per heavy atom. The monoisotopic (exact) mass is 570 g/mol. The Hall–Kier alpha value is -4.49. The van der Waals surface area contributed by atoms with Crippen LogP contribution in [-0.2, 0) is 21.4 Å². The number of carbonyl (C=O) groups excluding carboxylic acids is 1. The first-order chi connectivity index (χ1) is 19.0. The number of aromatic carboxylic acids is 1. The topological polar surface area (TPSA) is 153 Å².